The Morgan fingerprint density at radius 1 is 1.25 bits per heavy atom. The van der Waals surface area contributed by atoms with Crippen molar-refractivity contribution in [2.45, 2.75) is 39.7 Å². The minimum absolute atomic E-state index is 0.282. The first-order valence-corrected chi connectivity index (χ1v) is 4.24. The molecule has 0 saturated carbocycles. The molecular formula is C8H14BN3. The molecule has 1 aromatic heterocycles. The summed E-state index contributed by atoms with van der Waals surface area (Å²) in [5.74, 6) is 0.345. The number of nitrogens with zero attached hydrogens (tertiary/aromatic N) is 3. The van der Waals surface area contributed by atoms with Gasteiger partial charge in [0, 0.05) is 11.6 Å². The predicted octanol–water partition coefficient (Wildman–Crippen LogP) is 0.776. The summed E-state index contributed by atoms with van der Waals surface area (Å²) >= 11 is 0. The predicted molar refractivity (Wildman–Crippen MR) is 49.9 cm³/mol. The highest BCUT2D eigenvalue weighted by Crippen LogP contribution is 2.08. The average Bonchev–Trinajstić information content (AvgIpc) is 2.30. The van der Waals surface area contributed by atoms with Gasteiger partial charge in [0.05, 0.1) is 5.69 Å². The molecule has 0 aliphatic carbocycles. The number of hydrogen-bond donors (Lipinski definition) is 0. The molecular weight excluding hydrogens is 149 g/mol. The van der Waals surface area contributed by atoms with E-state index >= 15 is 0 Å². The van der Waals surface area contributed by atoms with Crippen molar-refractivity contribution in [3.05, 3.63) is 5.69 Å². The highest BCUT2D eigenvalue weighted by Gasteiger charge is 2.12. The Labute approximate surface area is 74.6 Å². The summed E-state index contributed by atoms with van der Waals surface area (Å²) in [5, 5.41) is 8.00. The first-order valence-electron chi connectivity index (χ1n) is 4.24. The van der Waals surface area contributed by atoms with Gasteiger partial charge in [0.1, 0.15) is 7.85 Å². The summed E-state index contributed by atoms with van der Waals surface area (Å²) in [7, 11) is 5.84. The van der Waals surface area contributed by atoms with Crippen molar-refractivity contribution in [1.82, 2.24) is 15.0 Å². The normalized spacial score (nSPS) is 11.5. The first-order chi connectivity index (χ1) is 5.54. The van der Waals surface area contributed by atoms with Crippen molar-refractivity contribution in [3.63, 3.8) is 0 Å². The van der Waals surface area contributed by atoms with E-state index in [2.05, 4.69) is 24.2 Å². The maximum Gasteiger partial charge on any atom is 0.144 e. The largest absolute Gasteiger partial charge is 0.257 e. The van der Waals surface area contributed by atoms with E-state index < -0.39 is 0 Å². The van der Waals surface area contributed by atoms with Gasteiger partial charge in [-0.1, -0.05) is 19.1 Å². The molecule has 0 aliphatic heterocycles. The van der Waals surface area contributed by atoms with E-state index in [1.807, 2.05) is 13.8 Å². The Morgan fingerprint density at radius 3 is 2.08 bits per heavy atom. The molecule has 0 aliphatic rings. The lowest BCUT2D eigenvalue weighted by Crippen LogP contribution is -2.23. The van der Waals surface area contributed by atoms with E-state index in [0.717, 1.165) is 5.69 Å². The van der Waals surface area contributed by atoms with Gasteiger partial charge in [-0.2, -0.15) is 0 Å². The van der Waals surface area contributed by atoms with E-state index in [1.165, 1.54) is 0 Å². The van der Waals surface area contributed by atoms with Crippen LogP contribution in [-0.4, -0.2) is 22.8 Å². The average molecular weight is 163 g/mol. The van der Waals surface area contributed by atoms with Crippen molar-refractivity contribution < 1.29 is 0 Å². The second-order valence-electron chi connectivity index (χ2n) is 3.55. The van der Waals surface area contributed by atoms with Crippen LogP contribution in [0.3, 0.4) is 0 Å². The van der Waals surface area contributed by atoms with Crippen LogP contribution in [0.25, 0.3) is 0 Å². The molecule has 0 N–H and O–H groups in total. The van der Waals surface area contributed by atoms with Crippen LogP contribution < -0.4 is 5.59 Å². The molecule has 0 aromatic carbocycles. The van der Waals surface area contributed by atoms with Crippen LogP contribution in [0.5, 0.6) is 0 Å². The van der Waals surface area contributed by atoms with Gasteiger partial charge in [-0.25, -0.2) is 0 Å². The topological polar surface area (TPSA) is 30.7 Å². The monoisotopic (exact) mass is 163 g/mol. The standard InChI is InChI=1S/C8H14BN3/c1-5(2)7-8(9)12(6(3)4)11-10-7/h5-6H,1-4H3. The molecule has 0 bridgehead atoms. The fourth-order valence-corrected chi connectivity index (χ4v) is 1.11. The minimum Gasteiger partial charge on any atom is -0.257 e. The fourth-order valence-electron chi connectivity index (χ4n) is 1.11. The molecule has 0 atom stereocenters. The Morgan fingerprint density at radius 2 is 1.83 bits per heavy atom. The van der Waals surface area contributed by atoms with Crippen LogP contribution >= 0.6 is 0 Å². The van der Waals surface area contributed by atoms with Crippen LogP contribution in [0.1, 0.15) is 45.3 Å². The zero-order chi connectivity index (χ0) is 9.30. The zero-order valence-corrected chi connectivity index (χ0v) is 8.07. The third-order valence-corrected chi connectivity index (χ3v) is 1.79. The molecule has 64 valence electrons. The SMILES string of the molecule is [B]c1c(C(C)C)nnn1C(C)C. The van der Waals surface area contributed by atoms with Crippen LogP contribution in [0, 0.1) is 0 Å². The summed E-state index contributed by atoms with van der Waals surface area (Å²) in [6.07, 6.45) is 0. The van der Waals surface area contributed by atoms with Gasteiger partial charge in [-0.3, -0.25) is 4.68 Å². The Bertz CT molecular complexity index is 240. The maximum atomic E-state index is 5.84. The molecule has 0 spiro atoms. The molecule has 3 nitrogen and oxygen atoms in total. The Kier molecular flexibility index (Phi) is 2.55. The quantitative estimate of drug-likeness (QED) is 0.603. The molecule has 12 heavy (non-hydrogen) atoms. The summed E-state index contributed by atoms with van der Waals surface area (Å²) in [5.41, 5.74) is 1.59. The van der Waals surface area contributed by atoms with Gasteiger partial charge in [-0.15, -0.1) is 5.10 Å². The Balaban J connectivity index is 3.04. The van der Waals surface area contributed by atoms with Crippen molar-refractivity contribution in [2.75, 3.05) is 0 Å². The molecule has 0 amide bonds. The molecule has 0 saturated heterocycles. The fraction of sp³-hybridized carbons (Fsp3) is 0.750. The van der Waals surface area contributed by atoms with Crippen LogP contribution in [0.4, 0.5) is 0 Å². The van der Waals surface area contributed by atoms with E-state index in [1.54, 1.807) is 4.68 Å². The number of aromatic nitrogens is 3. The molecule has 1 rings (SSSR count). The number of hydrogen-bond acceptors (Lipinski definition) is 2. The third-order valence-electron chi connectivity index (χ3n) is 1.79. The van der Waals surface area contributed by atoms with Crippen molar-refractivity contribution in [1.29, 1.82) is 0 Å². The van der Waals surface area contributed by atoms with Crippen LogP contribution in [-0.2, 0) is 0 Å². The lowest BCUT2D eigenvalue weighted by molar-refractivity contribution is 0.525. The molecule has 0 fully saturated rings. The van der Waals surface area contributed by atoms with Crippen molar-refractivity contribution in [3.8, 4) is 0 Å². The van der Waals surface area contributed by atoms with Crippen LogP contribution in [0.2, 0.25) is 0 Å². The van der Waals surface area contributed by atoms with Gasteiger partial charge >= 0.3 is 0 Å². The maximum absolute atomic E-state index is 5.84. The molecule has 4 heteroatoms. The third kappa shape index (κ3) is 1.52. The summed E-state index contributed by atoms with van der Waals surface area (Å²) in [6, 6.07) is 0.282. The number of rotatable bonds is 2. The van der Waals surface area contributed by atoms with E-state index in [-0.39, 0.29) is 6.04 Å². The smallest absolute Gasteiger partial charge is 0.144 e. The lowest BCUT2D eigenvalue weighted by Gasteiger charge is -2.08. The first kappa shape index (κ1) is 9.29. The summed E-state index contributed by atoms with van der Waals surface area (Å²) in [4.78, 5) is 0. The summed E-state index contributed by atoms with van der Waals surface area (Å²) in [6.45, 7) is 8.19. The van der Waals surface area contributed by atoms with Gasteiger partial charge in [0.2, 0.25) is 0 Å². The highest BCUT2D eigenvalue weighted by atomic mass is 15.4. The van der Waals surface area contributed by atoms with Crippen molar-refractivity contribution in [2.24, 2.45) is 0 Å². The second-order valence-corrected chi connectivity index (χ2v) is 3.55. The molecule has 1 heterocycles. The van der Waals surface area contributed by atoms with Gasteiger partial charge in [0.25, 0.3) is 0 Å². The Hall–Kier alpha value is -0.795. The van der Waals surface area contributed by atoms with E-state index in [0.29, 0.717) is 11.5 Å². The van der Waals surface area contributed by atoms with E-state index in [4.69, 9.17) is 7.85 Å². The van der Waals surface area contributed by atoms with E-state index in [9.17, 15) is 0 Å². The molecule has 1 aromatic rings. The van der Waals surface area contributed by atoms with Crippen LogP contribution in [0.15, 0.2) is 0 Å². The van der Waals surface area contributed by atoms with Gasteiger partial charge in [-0.05, 0) is 19.8 Å². The zero-order valence-electron chi connectivity index (χ0n) is 8.07. The van der Waals surface area contributed by atoms with Crippen molar-refractivity contribution >= 4 is 13.4 Å². The lowest BCUT2D eigenvalue weighted by atomic mass is 9.95. The second kappa shape index (κ2) is 3.29. The van der Waals surface area contributed by atoms with Gasteiger partial charge in [0.15, 0.2) is 0 Å². The van der Waals surface area contributed by atoms with Gasteiger partial charge < -0.3 is 0 Å². The molecule has 0 unspecified atom stereocenters. The minimum atomic E-state index is 0.282. The summed E-state index contributed by atoms with van der Waals surface area (Å²) < 4.78 is 1.75. The highest BCUT2D eigenvalue weighted by molar-refractivity contribution is 6.31. The molecule has 2 radical (unpaired) electrons.